The van der Waals surface area contributed by atoms with Crippen LogP contribution in [0.3, 0.4) is 0 Å². The minimum absolute atomic E-state index is 0.0928. The van der Waals surface area contributed by atoms with Crippen LogP contribution in [0.5, 0.6) is 0 Å². The van der Waals surface area contributed by atoms with Crippen molar-refractivity contribution in [2.24, 2.45) is 0 Å². The number of halogens is 1. The van der Waals surface area contributed by atoms with Gasteiger partial charge in [0, 0.05) is 20.1 Å². The molecular formula is C11H13FO4. The first-order valence-corrected chi connectivity index (χ1v) is 4.72. The van der Waals surface area contributed by atoms with E-state index in [1.165, 1.54) is 19.2 Å². The van der Waals surface area contributed by atoms with Crippen LogP contribution in [-0.2, 0) is 15.1 Å². The Bertz CT molecular complexity index is 363. The fourth-order valence-electron chi connectivity index (χ4n) is 1.56. The molecule has 1 atom stereocenters. The molecule has 4 nitrogen and oxygen atoms in total. The molecule has 0 radical (unpaired) electrons. The maximum Gasteiger partial charge on any atom is 0.340 e. The number of benzene rings is 1. The number of rotatable bonds is 5. The molecule has 0 bridgehead atoms. The van der Waals surface area contributed by atoms with E-state index in [4.69, 9.17) is 14.9 Å². The number of methoxy groups -OCH3 is 1. The monoisotopic (exact) mass is 228 g/mol. The molecule has 0 saturated heterocycles. The lowest BCUT2D eigenvalue weighted by atomic mass is 9.90. The van der Waals surface area contributed by atoms with Crippen LogP contribution in [0.1, 0.15) is 12.0 Å². The molecule has 1 unspecified atom stereocenters. The van der Waals surface area contributed by atoms with Crippen LogP contribution in [0.2, 0.25) is 0 Å². The molecule has 0 fully saturated rings. The van der Waals surface area contributed by atoms with Crippen LogP contribution in [0.15, 0.2) is 24.3 Å². The van der Waals surface area contributed by atoms with Gasteiger partial charge in [-0.3, -0.25) is 0 Å². The number of hydrogen-bond donors (Lipinski definition) is 2. The molecule has 88 valence electrons. The predicted octanol–water partition coefficient (Wildman–Crippen LogP) is 1.13. The first-order valence-electron chi connectivity index (χ1n) is 4.72. The van der Waals surface area contributed by atoms with Gasteiger partial charge in [-0.05, 0) is 17.7 Å². The number of aliphatic hydroxyl groups is 1. The van der Waals surface area contributed by atoms with E-state index in [0.717, 1.165) is 12.1 Å². The second kappa shape index (κ2) is 5.05. The summed E-state index contributed by atoms with van der Waals surface area (Å²) in [6.45, 7) is -0.336. The minimum atomic E-state index is -1.62. The van der Waals surface area contributed by atoms with Gasteiger partial charge in [-0.15, -0.1) is 0 Å². The predicted molar refractivity (Wildman–Crippen MR) is 54.4 cm³/mol. The Hall–Kier alpha value is -1.46. The Kier molecular flexibility index (Phi) is 3.98. The summed E-state index contributed by atoms with van der Waals surface area (Å²) < 4.78 is 17.7. The summed E-state index contributed by atoms with van der Waals surface area (Å²) >= 11 is 0. The summed E-state index contributed by atoms with van der Waals surface area (Å²) in [5, 5.41) is 18.0. The first kappa shape index (κ1) is 12.6. The second-order valence-corrected chi connectivity index (χ2v) is 3.32. The van der Waals surface area contributed by atoms with Crippen LogP contribution in [0.4, 0.5) is 4.39 Å². The lowest BCUT2D eigenvalue weighted by Gasteiger charge is -2.27. The molecule has 1 aromatic carbocycles. The van der Waals surface area contributed by atoms with Crippen LogP contribution < -0.4 is 0 Å². The molecule has 5 heteroatoms. The highest BCUT2D eigenvalue weighted by molar-refractivity contribution is 5.79. The Morgan fingerprint density at radius 3 is 2.38 bits per heavy atom. The normalized spacial score (nSPS) is 14.4. The Labute approximate surface area is 92.3 Å². The van der Waals surface area contributed by atoms with Crippen LogP contribution >= 0.6 is 0 Å². The summed E-state index contributed by atoms with van der Waals surface area (Å²) in [6, 6.07) is 4.98. The maximum absolute atomic E-state index is 12.7. The molecular weight excluding hydrogens is 215 g/mol. The van der Waals surface area contributed by atoms with Gasteiger partial charge in [-0.25, -0.2) is 9.18 Å². The van der Waals surface area contributed by atoms with Crippen LogP contribution in [0, 0.1) is 5.82 Å². The fraction of sp³-hybridized carbons (Fsp3) is 0.364. The van der Waals surface area contributed by atoms with Gasteiger partial charge in [0.1, 0.15) is 5.82 Å². The van der Waals surface area contributed by atoms with Gasteiger partial charge in [0.2, 0.25) is 0 Å². The fourth-order valence-corrected chi connectivity index (χ4v) is 1.56. The quantitative estimate of drug-likeness (QED) is 0.792. The maximum atomic E-state index is 12.7. The SMILES string of the molecule is COC(CCO)(C(=O)O)c1ccc(F)cc1. The number of aliphatic carboxylic acids is 1. The molecule has 0 aromatic heterocycles. The zero-order chi connectivity index (χ0) is 12.2. The molecule has 0 heterocycles. The van der Waals surface area contributed by atoms with E-state index in [1.54, 1.807) is 0 Å². The average molecular weight is 228 g/mol. The lowest BCUT2D eigenvalue weighted by molar-refractivity contribution is -0.166. The van der Waals surface area contributed by atoms with Crippen molar-refractivity contribution in [3.63, 3.8) is 0 Å². The zero-order valence-electron chi connectivity index (χ0n) is 8.81. The van der Waals surface area contributed by atoms with Crippen LogP contribution in [-0.4, -0.2) is 29.9 Å². The molecule has 16 heavy (non-hydrogen) atoms. The summed E-state index contributed by atoms with van der Waals surface area (Å²) in [5.41, 5.74) is -1.32. The minimum Gasteiger partial charge on any atom is -0.479 e. The largest absolute Gasteiger partial charge is 0.479 e. The van der Waals surface area contributed by atoms with Crippen LogP contribution in [0.25, 0.3) is 0 Å². The number of aliphatic hydroxyl groups excluding tert-OH is 1. The van der Waals surface area contributed by atoms with E-state index in [9.17, 15) is 9.18 Å². The van der Waals surface area contributed by atoms with Gasteiger partial charge in [-0.1, -0.05) is 12.1 Å². The lowest BCUT2D eigenvalue weighted by Crippen LogP contribution is -2.38. The average Bonchev–Trinajstić information content (AvgIpc) is 2.27. The summed E-state index contributed by atoms with van der Waals surface area (Å²) in [7, 11) is 1.24. The van der Waals surface area contributed by atoms with Crippen molar-refractivity contribution in [3.8, 4) is 0 Å². The molecule has 1 aromatic rings. The van der Waals surface area contributed by atoms with Gasteiger partial charge in [0.25, 0.3) is 0 Å². The highest BCUT2D eigenvalue weighted by Gasteiger charge is 2.40. The van der Waals surface area contributed by atoms with Crippen molar-refractivity contribution in [2.75, 3.05) is 13.7 Å². The van der Waals surface area contributed by atoms with Crippen molar-refractivity contribution in [1.29, 1.82) is 0 Å². The van der Waals surface area contributed by atoms with Crippen molar-refractivity contribution in [3.05, 3.63) is 35.6 Å². The third-order valence-corrected chi connectivity index (χ3v) is 2.47. The second-order valence-electron chi connectivity index (χ2n) is 3.32. The van der Waals surface area contributed by atoms with Gasteiger partial charge in [-0.2, -0.15) is 0 Å². The number of carbonyl (C=O) groups is 1. The third-order valence-electron chi connectivity index (χ3n) is 2.47. The molecule has 1 rings (SSSR count). The molecule has 0 amide bonds. The number of carboxylic acid groups (broad SMARTS) is 1. The Morgan fingerprint density at radius 2 is 2.00 bits per heavy atom. The third kappa shape index (κ3) is 2.20. The highest BCUT2D eigenvalue weighted by Crippen LogP contribution is 2.29. The Balaban J connectivity index is 3.18. The standard InChI is InChI=1S/C11H13FO4/c1-16-11(6-7-13,10(14)15)8-2-4-9(12)5-3-8/h2-5,13H,6-7H2,1H3,(H,14,15). The van der Waals surface area contributed by atoms with Gasteiger partial charge in [0.15, 0.2) is 5.60 Å². The van der Waals surface area contributed by atoms with E-state index >= 15 is 0 Å². The summed E-state index contributed by atoms with van der Waals surface area (Å²) in [6.07, 6.45) is -0.0928. The first-order chi connectivity index (χ1) is 7.56. The molecule has 0 saturated carbocycles. The van der Waals surface area contributed by atoms with Gasteiger partial charge < -0.3 is 14.9 Å². The number of carboxylic acids is 1. The van der Waals surface area contributed by atoms with Crippen molar-refractivity contribution in [2.45, 2.75) is 12.0 Å². The molecule has 2 N–H and O–H groups in total. The van der Waals surface area contributed by atoms with Crippen molar-refractivity contribution in [1.82, 2.24) is 0 Å². The smallest absolute Gasteiger partial charge is 0.340 e. The Morgan fingerprint density at radius 1 is 1.44 bits per heavy atom. The molecule has 0 aliphatic heterocycles. The highest BCUT2D eigenvalue weighted by atomic mass is 19.1. The van der Waals surface area contributed by atoms with E-state index in [1.807, 2.05) is 0 Å². The van der Waals surface area contributed by atoms with Crippen molar-refractivity contribution >= 4 is 5.97 Å². The van der Waals surface area contributed by atoms with Gasteiger partial charge in [0.05, 0.1) is 0 Å². The molecule has 0 spiro atoms. The van der Waals surface area contributed by atoms with E-state index in [2.05, 4.69) is 0 Å². The van der Waals surface area contributed by atoms with Gasteiger partial charge >= 0.3 is 5.97 Å². The van der Waals surface area contributed by atoms with E-state index in [-0.39, 0.29) is 13.0 Å². The van der Waals surface area contributed by atoms with Crippen molar-refractivity contribution < 1.29 is 24.1 Å². The number of ether oxygens (including phenoxy) is 1. The summed E-state index contributed by atoms with van der Waals surface area (Å²) in [4.78, 5) is 11.2. The topological polar surface area (TPSA) is 66.8 Å². The summed E-state index contributed by atoms with van der Waals surface area (Å²) in [5.74, 6) is -1.67. The molecule has 0 aliphatic carbocycles. The zero-order valence-corrected chi connectivity index (χ0v) is 8.81. The van der Waals surface area contributed by atoms with E-state index in [0.29, 0.717) is 5.56 Å². The number of hydrogen-bond acceptors (Lipinski definition) is 3. The van der Waals surface area contributed by atoms with E-state index < -0.39 is 17.4 Å². The molecule has 0 aliphatic rings.